The molecular weight excluding hydrogens is 581 g/mol. The zero-order chi connectivity index (χ0) is 30.3. The van der Waals surface area contributed by atoms with E-state index in [0.717, 1.165) is 9.87 Å². The van der Waals surface area contributed by atoms with Gasteiger partial charge in [-0.2, -0.15) is 0 Å². The number of hydrogen-bond donors (Lipinski definition) is 1. The number of carbonyl (C=O) groups is 2. The molecule has 41 heavy (non-hydrogen) atoms. The number of nitrogens with zero attached hydrogens (tertiary/aromatic N) is 2. The molecule has 0 bridgehead atoms. The summed E-state index contributed by atoms with van der Waals surface area (Å²) in [6, 6.07) is 19.0. The fraction of sp³-hybridized carbons (Fsp3) is 0.355. The minimum absolute atomic E-state index is 0.0184. The molecule has 220 valence electrons. The van der Waals surface area contributed by atoms with E-state index in [-0.39, 0.29) is 29.3 Å². The largest absolute Gasteiger partial charge is 0.352 e. The monoisotopic (exact) mass is 617 g/mol. The van der Waals surface area contributed by atoms with Gasteiger partial charge in [-0.1, -0.05) is 80.4 Å². The third-order valence-corrected chi connectivity index (χ3v) is 9.36. The Bertz CT molecular complexity index is 1450. The molecule has 10 heteroatoms. The molecular formula is C31H37Cl2N3O4S. The number of rotatable bonds is 12. The topological polar surface area (TPSA) is 86.8 Å². The van der Waals surface area contributed by atoms with Gasteiger partial charge in [-0.05, 0) is 73.7 Å². The van der Waals surface area contributed by atoms with Gasteiger partial charge >= 0.3 is 0 Å². The summed E-state index contributed by atoms with van der Waals surface area (Å²) in [6.45, 7) is 8.99. The Balaban J connectivity index is 2.05. The first-order valence-electron chi connectivity index (χ1n) is 13.6. The van der Waals surface area contributed by atoms with Crippen molar-refractivity contribution in [3.63, 3.8) is 0 Å². The molecule has 3 rings (SSSR count). The Morgan fingerprint density at radius 2 is 1.54 bits per heavy atom. The highest BCUT2D eigenvalue weighted by atomic mass is 35.5. The molecule has 2 atom stereocenters. The number of carbonyl (C=O) groups excluding carboxylic acids is 2. The first-order valence-corrected chi connectivity index (χ1v) is 15.8. The van der Waals surface area contributed by atoms with Gasteiger partial charge in [0, 0.05) is 22.6 Å². The van der Waals surface area contributed by atoms with E-state index < -0.39 is 28.5 Å². The zero-order valence-corrected chi connectivity index (χ0v) is 26.3. The lowest BCUT2D eigenvalue weighted by atomic mass is 10.0. The molecule has 2 unspecified atom stereocenters. The number of nitrogens with one attached hydrogen (secondary N) is 1. The van der Waals surface area contributed by atoms with Crippen molar-refractivity contribution in [3.05, 3.63) is 94.0 Å². The van der Waals surface area contributed by atoms with Crippen LogP contribution in [0.2, 0.25) is 10.0 Å². The van der Waals surface area contributed by atoms with E-state index in [2.05, 4.69) is 5.32 Å². The first-order chi connectivity index (χ1) is 19.3. The third-order valence-electron chi connectivity index (χ3n) is 6.98. The highest BCUT2D eigenvalue weighted by Gasteiger charge is 2.33. The Morgan fingerprint density at radius 3 is 2.10 bits per heavy atom. The highest BCUT2D eigenvalue weighted by molar-refractivity contribution is 7.92. The van der Waals surface area contributed by atoms with Crippen molar-refractivity contribution >= 4 is 50.7 Å². The van der Waals surface area contributed by atoms with Crippen molar-refractivity contribution in [3.8, 4) is 0 Å². The molecule has 0 aromatic heterocycles. The molecule has 0 aliphatic heterocycles. The van der Waals surface area contributed by atoms with Crippen LogP contribution in [0.4, 0.5) is 5.69 Å². The number of hydrogen-bond acceptors (Lipinski definition) is 4. The predicted octanol–water partition coefficient (Wildman–Crippen LogP) is 6.64. The predicted molar refractivity (Wildman–Crippen MR) is 166 cm³/mol. The van der Waals surface area contributed by atoms with Crippen LogP contribution in [0, 0.1) is 0 Å². The molecule has 0 aliphatic rings. The summed E-state index contributed by atoms with van der Waals surface area (Å²) < 4.78 is 28.9. The van der Waals surface area contributed by atoms with Gasteiger partial charge in [0.1, 0.15) is 12.6 Å². The van der Waals surface area contributed by atoms with E-state index in [1.54, 1.807) is 55.5 Å². The van der Waals surface area contributed by atoms with Crippen LogP contribution in [-0.2, 0) is 26.2 Å². The standard InChI is InChI=1S/C31H37Cl2N3O4S/c1-6-22(4)34-31(38)23(5)35(19-25-12-15-26(32)18-29(25)33)30(37)20-36(27-16-13-24(14-17-27)21(2)3)41(39,40)28-10-8-7-9-11-28/h7-18,21-23H,6,19-20H2,1-5H3,(H,34,38). The second-order valence-corrected chi connectivity index (χ2v) is 13.0. The van der Waals surface area contributed by atoms with E-state index >= 15 is 0 Å². The van der Waals surface area contributed by atoms with Crippen molar-refractivity contribution in [2.45, 2.75) is 70.5 Å². The normalized spacial score (nSPS) is 13.0. The number of halogens is 2. The molecule has 3 aromatic rings. The Labute approximate surface area is 253 Å². The van der Waals surface area contributed by atoms with Crippen LogP contribution in [0.1, 0.15) is 58.1 Å². The van der Waals surface area contributed by atoms with Crippen LogP contribution in [0.25, 0.3) is 0 Å². The van der Waals surface area contributed by atoms with Crippen LogP contribution in [0.5, 0.6) is 0 Å². The van der Waals surface area contributed by atoms with Gasteiger partial charge < -0.3 is 10.2 Å². The van der Waals surface area contributed by atoms with Crippen molar-refractivity contribution in [1.29, 1.82) is 0 Å². The summed E-state index contributed by atoms with van der Waals surface area (Å²) in [6.07, 6.45) is 0.713. The molecule has 2 amide bonds. The summed E-state index contributed by atoms with van der Waals surface area (Å²) in [4.78, 5) is 28.6. The smallest absolute Gasteiger partial charge is 0.264 e. The van der Waals surface area contributed by atoms with Crippen LogP contribution in [0.3, 0.4) is 0 Å². The van der Waals surface area contributed by atoms with E-state index in [1.165, 1.54) is 17.0 Å². The summed E-state index contributed by atoms with van der Waals surface area (Å²) in [5.41, 5.74) is 1.95. The second kappa shape index (κ2) is 14.2. The number of benzene rings is 3. The fourth-order valence-corrected chi connectivity index (χ4v) is 6.06. The second-order valence-electron chi connectivity index (χ2n) is 10.3. The summed E-state index contributed by atoms with van der Waals surface area (Å²) in [7, 11) is -4.13. The van der Waals surface area contributed by atoms with Gasteiger partial charge in [0.25, 0.3) is 10.0 Å². The fourth-order valence-electron chi connectivity index (χ4n) is 4.16. The van der Waals surface area contributed by atoms with Crippen molar-refractivity contribution in [2.75, 3.05) is 10.8 Å². The van der Waals surface area contributed by atoms with Crippen molar-refractivity contribution in [1.82, 2.24) is 10.2 Å². The molecule has 0 aliphatic carbocycles. The summed E-state index contributed by atoms with van der Waals surface area (Å²) >= 11 is 12.5. The van der Waals surface area contributed by atoms with Crippen LogP contribution >= 0.6 is 23.2 Å². The maximum atomic E-state index is 14.0. The lowest BCUT2D eigenvalue weighted by Crippen LogP contribution is -2.52. The van der Waals surface area contributed by atoms with E-state index in [9.17, 15) is 18.0 Å². The van der Waals surface area contributed by atoms with E-state index in [1.807, 2.05) is 39.8 Å². The van der Waals surface area contributed by atoms with Crippen LogP contribution in [-0.4, -0.2) is 43.8 Å². The maximum Gasteiger partial charge on any atom is 0.264 e. The minimum Gasteiger partial charge on any atom is -0.352 e. The number of sulfonamides is 1. The van der Waals surface area contributed by atoms with E-state index in [0.29, 0.717) is 27.7 Å². The van der Waals surface area contributed by atoms with Crippen LogP contribution in [0.15, 0.2) is 77.7 Å². The number of amides is 2. The lowest BCUT2D eigenvalue weighted by molar-refractivity contribution is -0.139. The Morgan fingerprint density at radius 1 is 0.902 bits per heavy atom. The molecule has 1 N–H and O–H groups in total. The Hall–Kier alpha value is -3.07. The number of anilines is 1. The van der Waals surface area contributed by atoms with Gasteiger partial charge in [-0.25, -0.2) is 8.42 Å². The average Bonchev–Trinajstić information content (AvgIpc) is 2.95. The summed E-state index contributed by atoms with van der Waals surface area (Å²) in [5.74, 6) is -0.666. The molecule has 0 saturated heterocycles. The molecule has 3 aromatic carbocycles. The maximum absolute atomic E-state index is 14.0. The molecule has 0 spiro atoms. The van der Waals surface area contributed by atoms with Gasteiger partial charge in [0.15, 0.2) is 0 Å². The molecule has 0 fully saturated rings. The quantitative estimate of drug-likeness (QED) is 0.247. The molecule has 7 nitrogen and oxygen atoms in total. The zero-order valence-electron chi connectivity index (χ0n) is 24.0. The molecule has 0 heterocycles. The van der Waals surface area contributed by atoms with Gasteiger partial charge in [-0.15, -0.1) is 0 Å². The molecule has 0 radical (unpaired) electrons. The van der Waals surface area contributed by atoms with Crippen molar-refractivity contribution in [2.24, 2.45) is 0 Å². The first kappa shape index (κ1) is 32.4. The Kier molecular flexibility index (Phi) is 11.2. The average molecular weight is 619 g/mol. The van der Waals surface area contributed by atoms with Crippen LogP contribution < -0.4 is 9.62 Å². The SMILES string of the molecule is CCC(C)NC(=O)C(C)N(Cc1ccc(Cl)cc1Cl)C(=O)CN(c1ccc(C(C)C)cc1)S(=O)(=O)c1ccccc1. The lowest BCUT2D eigenvalue weighted by Gasteiger charge is -2.32. The third kappa shape index (κ3) is 8.24. The van der Waals surface area contributed by atoms with E-state index in [4.69, 9.17) is 23.2 Å². The van der Waals surface area contributed by atoms with Gasteiger partial charge in [0.05, 0.1) is 10.6 Å². The minimum atomic E-state index is -4.13. The van der Waals surface area contributed by atoms with Crippen molar-refractivity contribution < 1.29 is 18.0 Å². The summed E-state index contributed by atoms with van der Waals surface area (Å²) in [5, 5.41) is 3.68. The highest BCUT2D eigenvalue weighted by Crippen LogP contribution is 2.28. The van der Waals surface area contributed by atoms with Gasteiger partial charge in [0.2, 0.25) is 11.8 Å². The molecule has 0 saturated carbocycles. The van der Waals surface area contributed by atoms with Gasteiger partial charge in [-0.3, -0.25) is 13.9 Å².